The second kappa shape index (κ2) is 13.8. The highest BCUT2D eigenvalue weighted by molar-refractivity contribution is 8.09. The highest BCUT2D eigenvalue weighted by atomic mass is 32.5. The predicted octanol–water partition coefficient (Wildman–Crippen LogP) is 0.822. The van der Waals surface area contributed by atoms with Gasteiger partial charge in [-0.1, -0.05) is 24.1 Å². The first-order valence-corrected chi connectivity index (χ1v) is 14.7. The zero-order chi connectivity index (χ0) is 29.4. The van der Waals surface area contributed by atoms with Crippen LogP contribution in [0.2, 0.25) is 0 Å². The van der Waals surface area contributed by atoms with Crippen LogP contribution in [0.4, 0.5) is 5.95 Å². The molecule has 0 amide bonds. The number of nitrogen functional groups attached to an aromatic ring is 1. The van der Waals surface area contributed by atoms with Crippen molar-refractivity contribution < 1.29 is 33.5 Å². The summed E-state index contributed by atoms with van der Waals surface area (Å²) in [6, 6.07) is 7.63. The highest BCUT2D eigenvalue weighted by Gasteiger charge is 2.32. The van der Waals surface area contributed by atoms with Gasteiger partial charge in [0, 0.05) is 0 Å². The summed E-state index contributed by atoms with van der Waals surface area (Å²) in [5.74, 6) is 1.78. The van der Waals surface area contributed by atoms with Crippen LogP contribution in [0.25, 0.3) is 11.2 Å². The molecule has 0 fully saturated rings. The molecule has 0 aliphatic rings. The lowest BCUT2D eigenvalue weighted by Gasteiger charge is -2.30. The van der Waals surface area contributed by atoms with Gasteiger partial charge in [0.15, 0.2) is 17.4 Å². The van der Waals surface area contributed by atoms with Gasteiger partial charge in [-0.3, -0.25) is 19.1 Å². The molecule has 0 bridgehead atoms. The van der Waals surface area contributed by atoms with Gasteiger partial charge in [-0.25, -0.2) is 10.1 Å². The Morgan fingerprint density at radius 1 is 1.32 bits per heavy atom. The molecule has 2 aromatic heterocycles. The highest BCUT2D eigenvalue weighted by Crippen LogP contribution is 2.45. The maximum absolute atomic E-state index is 12.5. The number of nitrogens with zero attached hydrogens (tertiary/aromatic N) is 3. The Morgan fingerprint density at radius 2 is 2.02 bits per heavy atom. The zero-order valence-corrected chi connectivity index (χ0v) is 23.7. The van der Waals surface area contributed by atoms with Crippen molar-refractivity contribution >= 4 is 41.5 Å². The number of aliphatic hydroxyl groups is 2. The maximum Gasteiger partial charge on any atom is 0.323 e. The molecule has 0 saturated carbocycles. The molecule has 1 unspecified atom stereocenters. The van der Waals surface area contributed by atoms with Crippen molar-refractivity contribution in [2.75, 3.05) is 18.9 Å². The van der Waals surface area contributed by atoms with Crippen molar-refractivity contribution in [3.63, 3.8) is 0 Å². The fraction of sp³-hybridized carbons (Fsp3) is 0.417. The van der Waals surface area contributed by atoms with Crippen LogP contribution in [0.15, 0.2) is 41.5 Å². The number of esters is 1. The number of carbonyl (C=O) groups is 1. The standard InChI is InChI=1S/C24H31N6O8PS/c1-5-17(32)18(37-19(11-31)30-13-26-20-21(30)27-24(25)28-22(20)33)12-35-39(40,38-16-9-7-6-8-10-16)29-15(4)23(34)36-14(2)3/h1,6-10,13-15,17-19,31-32H,11-12H2,2-4H3,(H,29,40)(H3,25,27,28,33)/t15-,17-,18+,19+,39?/m0/s1. The van der Waals surface area contributed by atoms with E-state index in [1.54, 1.807) is 51.1 Å². The number of benzene rings is 1. The van der Waals surface area contributed by atoms with Crippen molar-refractivity contribution in [2.24, 2.45) is 0 Å². The number of terminal acetylenes is 1. The summed E-state index contributed by atoms with van der Waals surface area (Å²) in [5, 5.41) is 23.5. The molecule has 40 heavy (non-hydrogen) atoms. The minimum atomic E-state index is -3.50. The number of nitrogens with one attached hydrogen (secondary N) is 2. The molecule has 0 spiro atoms. The van der Waals surface area contributed by atoms with Crippen molar-refractivity contribution in [3.8, 4) is 18.1 Å². The topological polar surface area (TPSA) is 196 Å². The summed E-state index contributed by atoms with van der Waals surface area (Å²) in [4.78, 5) is 35.0. The van der Waals surface area contributed by atoms with Gasteiger partial charge in [-0.05, 0) is 44.7 Å². The number of ether oxygens (including phenoxy) is 2. The Bertz CT molecular complexity index is 1440. The van der Waals surface area contributed by atoms with Gasteiger partial charge < -0.3 is 34.5 Å². The Balaban J connectivity index is 1.85. The minimum Gasteiger partial charge on any atom is -0.462 e. The number of carbonyl (C=O) groups excluding carboxylic acids is 1. The van der Waals surface area contributed by atoms with Gasteiger partial charge >= 0.3 is 12.6 Å². The molecular weight excluding hydrogens is 563 g/mol. The maximum atomic E-state index is 12.5. The van der Waals surface area contributed by atoms with Crippen LogP contribution in [0.1, 0.15) is 27.0 Å². The number of nitrogens with two attached hydrogens (primary N) is 1. The van der Waals surface area contributed by atoms with Crippen LogP contribution in [0.3, 0.4) is 0 Å². The quantitative estimate of drug-likeness (QED) is 0.100. The fourth-order valence-electron chi connectivity index (χ4n) is 3.37. The average molecular weight is 595 g/mol. The number of fused-ring (bicyclic) bond motifs is 1. The molecule has 216 valence electrons. The summed E-state index contributed by atoms with van der Waals surface area (Å²) >= 11 is 5.68. The van der Waals surface area contributed by atoms with Gasteiger partial charge in [0.05, 0.1) is 25.6 Å². The number of aliphatic hydroxyl groups excluding tert-OH is 2. The molecular formula is C24H31N6O8PS. The van der Waals surface area contributed by atoms with E-state index in [0.717, 1.165) is 0 Å². The van der Waals surface area contributed by atoms with Crippen molar-refractivity contribution in [1.82, 2.24) is 24.6 Å². The Hall–Kier alpha value is -3.35. The number of hydrogen-bond donors (Lipinski definition) is 5. The van der Waals surface area contributed by atoms with Gasteiger partial charge in [0.2, 0.25) is 5.95 Å². The molecule has 16 heteroatoms. The number of para-hydroxylation sites is 1. The van der Waals surface area contributed by atoms with E-state index in [2.05, 4.69) is 26.0 Å². The minimum absolute atomic E-state index is 0.0341. The van der Waals surface area contributed by atoms with Gasteiger partial charge in [0.25, 0.3) is 5.56 Å². The number of aromatic amines is 1. The summed E-state index contributed by atoms with van der Waals surface area (Å²) in [6.45, 7) is 0.417. The molecule has 0 aliphatic carbocycles. The Morgan fingerprint density at radius 3 is 2.65 bits per heavy atom. The van der Waals surface area contributed by atoms with E-state index in [9.17, 15) is 19.8 Å². The summed E-state index contributed by atoms with van der Waals surface area (Å²) < 4.78 is 24.3. The van der Waals surface area contributed by atoms with Crippen LogP contribution >= 0.6 is 6.64 Å². The molecule has 5 atom stereocenters. The third kappa shape index (κ3) is 8.09. The van der Waals surface area contributed by atoms with Crippen LogP contribution in [0.5, 0.6) is 5.75 Å². The Kier molecular flexibility index (Phi) is 10.8. The fourth-order valence-corrected chi connectivity index (χ4v) is 5.79. The molecule has 2 heterocycles. The average Bonchev–Trinajstić information content (AvgIpc) is 3.32. The second-order valence-corrected chi connectivity index (χ2v) is 11.9. The third-order valence-corrected chi connectivity index (χ3v) is 7.71. The lowest BCUT2D eigenvalue weighted by atomic mass is 10.2. The van der Waals surface area contributed by atoms with E-state index in [0.29, 0.717) is 5.75 Å². The molecule has 0 aliphatic heterocycles. The number of hydrogen-bond acceptors (Lipinski definition) is 12. The lowest BCUT2D eigenvalue weighted by Crippen LogP contribution is -2.39. The normalized spacial score (nSPS) is 16.0. The molecule has 0 saturated heterocycles. The van der Waals surface area contributed by atoms with Crippen LogP contribution in [0, 0.1) is 12.3 Å². The van der Waals surface area contributed by atoms with Crippen molar-refractivity contribution in [3.05, 3.63) is 47.0 Å². The Labute approximate surface area is 235 Å². The number of H-pyrrole nitrogens is 1. The van der Waals surface area contributed by atoms with Crippen LogP contribution < -0.4 is 20.9 Å². The number of imidazole rings is 1. The first-order valence-electron chi connectivity index (χ1n) is 12.1. The first kappa shape index (κ1) is 31.2. The van der Waals surface area contributed by atoms with Crippen molar-refractivity contribution in [1.29, 1.82) is 0 Å². The van der Waals surface area contributed by atoms with E-state index in [-0.39, 0.29) is 23.2 Å². The molecule has 0 radical (unpaired) electrons. The van der Waals surface area contributed by atoms with Crippen molar-refractivity contribution in [2.45, 2.75) is 51.4 Å². The van der Waals surface area contributed by atoms with Gasteiger partial charge in [0.1, 0.15) is 24.0 Å². The molecule has 3 aromatic rings. The number of anilines is 1. The van der Waals surface area contributed by atoms with E-state index < -0.39 is 55.9 Å². The van der Waals surface area contributed by atoms with Gasteiger partial charge in [-0.2, -0.15) is 4.98 Å². The summed E-state index contributed by atoms with van der Waals surface area (Å²) in [5.41, 5.74) is 5.06. The summed E-state index contributed by atoms with van der Waals surface area (Å²) in [6.07, 6.45) is 2.32. The number of aromatic nitrogens is 4. The SMILES string of the molecule is C#C[C@H](O)[C@@H](COP(=S)(N[C@@H](C)C(=O)OC(C)C)Oc1ccccc1)O[C@H](CO)n1cnc2c(=O)[nH]c(N)nc21. The van der Waals surface area contributed by atoms with Crippen LogP contribution in [-0.2, 0) is 30.6 Å². The second-order valence-electron chi connectivity index (χ2n) is 8.73. The predicted molar refractivity (Wildman–Crippen MR) is 150 cm³/mol. The van der Waals surface area contributed by atoms with E-state index in [4.69, 9.17) is 42.5 Å². The lowest BCUT2D eigenvalue weighted by molar-refractivity contribution is -0.149. The smallest absolute Gasteiger partial charge is 0.323 e. The summed E-state index contributed by atoms with van der Waals surface area (Å²) in [7, 11) is 0. The van der Waals surface area contributed by atoms with E-state index >= 15 is 0 Å². The molecule has 3 rings (SSSR count). The first-order chi connectivity index (χ1) is 19.0. The van der Waals surface area contributed by atoms with E-state index in [1.165, 1.54) is 10.9 Å². The zero-order valence-electron chi connectivity index (χ0n) is 22.0. The van der Waals surface area contributed by atoms with Crippen LogP contribution in [-0.4, -0.2) is 73.3 Å². The molecule has 6 N–H and O–H groups in total. The van der Waals surface area contributed by atoms with Gasteiger partial charge in [-0.15, -0.1) is 6.42 Å². The largest absolute Gasteiger partial charge is 0.462 e. The van der Waals surface area contributed by atoms with E-state index in [1.807, 2.05) is 0 Å². The third-order valence-electron chi connectivity index (χ3n) is 5.21. The monoisotopic (exact) mass is 594 g/mol. The molecule has 1 aromatic carbocycles. The molecule has 14 nitrogen and oxygen atoms in total. The number of rotatable bonds is 14.